The number of pyridine rings is 1. The molecule has 0 bridgehead atoms. The highest BCUT2D eigenvalue weighted by Gasteiger charge is 2.08. The van der Waals surface area contributed by atoms with Gasteiger partial charge in [-0.2, -0.15) is 0 Å². The lowest BCUT2D eigenvalue weighted by Crippen LogP contribution is -2.13. The van der Waals surface area contributed by atoms with Gasteiger partial charge in [-0.05, 0) is 61.5 Å². The lowest BCUT2D eigenvalue weighted by Gasteiger charge is -2.09. The van der Waals surface area contributed by atoms with Crippen molar-refractivity contribution in [3.05, 3.63) is 78.4 Å². The molecule has 0 unspecified atom stereocenters. The number of carbonyl (C=O) groups excluding carboxylic acids is 1. The van der Waals surface area contributed by atoms with Gasteiger partial charge in [0.1, 0.15) is 17.3 Å². The van der Waals surface area contributed by atoms with E-state index in [9.17, 15) is 9.18 Å². The minimum absolute atomic E-state index is 0.242. The summed E-state index contributed by atoms with van der Waals surface area (Å²) in [6, 6.07) is 16.6. The molecule has 26 heavy (non-hydrogen) atoms. The summed E-state index contributed by atoms with van der Waals surface area (Å²) in [5.74, 6) is -0.00516. The fourth-order valence-electron chi connectivity index (χ4n) is 2.33. The Bertz CT molecular complexity index is 880. The van der Waals surface area contributed by atoms with Crippen molar-refractivity contribution < 1.29 is 13.9 Å². The van der Waals surface area contributed by atoms with E-state index in [4.69, 9.17) is 4.74 Å². The van der Waals surface area contributed by atoms with E-state index in [0.717, 1.165) is 17.1 Å². The summed E-state index contributed by atoms with van der Waals surface area (Å²) in [6.07, 6.45) is 1.57. The number of ether oxygens (including phenoxy) is 1. The van der Waals surface area contributed by atoms with Crippen molar-refractivity contribution in [3.8, 4) is 5.75 Å². The van der Waals surface area contributed by atoms with Gasteiger partial charge >= 0.3 is 0 Å². The van der Waals surface area contributed by atoms with Crippen molar-refractivity contribution in [3.63, 3.8) is 0 Å². The van der Waals surface area contributed by atoms with Crippen LogP contribution >= 0.6 is 0 Å². The molecule has 6 heteroatoms. The van der Waals surface area contributed by atoms with Crippen LogP contribution in [0.3, 0.4) is 0 Å². The predicted octanol–water partition coefficient (Wildman–Crippen LogP) is 4.62. The van der Waals surface area contributed by atoms with Crippen molar-refractivity contribution >= 4 is 23.0 Å². The van der Waals surface area contributed by atoms with E-state index in [0.29, 0.717) is 12.3 Å². The number of hydrogen-bond donors (Lipinski definition) is 2. The smallest absolute Gasteiger partial charge is 0.274 e. The average molecular weight is 351 g/mol. The Kier molecular flexibility index (Phi) is 5.43. The van der Waals surface area contributed by atoms with Gasteiger partial charge in [-0.1, -0.05) is 6.07 Å². The topological polar surface area (TPSA) is 63.2 Å². The van der Waals surface area contributed by atoms with E-state index in [1.807, 2.05) is 31.2 Å². The van der Waals surface area contributed by atoms with E-state index in [-0.39, 0.29) is 5.69 Å². The third-order valence-electron chi connectivity index (χ3n) is 3.53. The number of amides is 1. The number of halogens is 1. The third-order valence-corrected chi connectivity index (χ3v) is 3.53. The van der Waals surface area contributed by atoms with Crippen LogP contribution in [0.5, 0.6) is 5.75 Å². The molecule has 1 heterocycles. The molecule has 0 spiro atoms. The second-order valence-electron chi connectivity index (χ2n) is 5.48. The van der Waals surface area contributed by atoms with Gasteiger partial charge in [0.05, 0.1) is 18.5 Å². The molecule has 1 aromatic heterocycles. The molecule has 0 saturated heterocycles. The maximum Gasteiger partial charge on any atom is 0.274 e. The van der Waals surface area contributed by atoms with Crippen LogP contribution in [0.4, 0.5) is 21.5 Å². The highest BCUT2D eigenvalue weighted by molar-refractivity contribution is 6.02. The molecule has 0 radical (unpaired) electrons. The number of nitrogens with zero attached hydrogens (tertiary/aromatic N) is 1. The Morgan fingerprint density at radius 3 is 2.46 bits per heavy atom. The van der Waals surface area contributed by atoms with Gasteiger partial charge in [0.25, 0.3) is 5.91 Å². The number of benzene rings is 2. The van der Waals surface area contributed by atoms with E-state index in [2.05, 4.69) is 15.6 Å². The molecular weight excluding hydrogens is 333 g/mol. The Balaban J connectivity index is 1.63. The minimum Gasteiger partial charge on any atom is -0.494 e. The summed E-state index contributed by atoms with van der Waals surface area (Å²) in [5.41, 5.74) is 2.25. The fraction of sp³-hybridized carbons (Fsp3) is 0.100. The molecule has 0 saturated carbocycles. The first-order chi connectivity index (χ1) is 12.6. The Labute approximate surface area is 150 Å². The standard InChI is InChI=1S/C20H18FN3O2/c1-2-26-18-9-6-15(7-10-18)23-17-8-11-19(22-13-17)20(25)24-16-5-3-4-14(21)12-16/h3-13,23H,2H2,1H3,(H,24,25). The molecule has 0 aliphatic heterocycles. The highest BCUT2D eigenvalue weighted by Crippen LogP contribution is 2.20. The Morgan fingerprint density at radius 2 is 1.81 bits per heavy atom. The molecule has 0 fully saturated rings. The van der Waals surface area contributed by atoms with Gasteiger partial charge in [-0.3, -0.25) is 4.79 Å². The van der Waals surface area contributed by atoms with Gasteiger partial charge in [-0.15, -0.1) is 0 Å². The number of nitrogens with one attached hydrogen (secondary N) is 2. The molecule has 3 aromatic rings. The zero-order chi connectivity index (χ0) is 18.4. The van der Waals surface area contributed by atoms with Crippen LogP contribution in [-0.2, 0) is 0 Å². The first-order valence-electron chi connectivity index (χ1n) is 8.17. The summed E-state index contributed by atoms with van der Waals surface area (Å²) in [6.45, 7) is 2.56. The fourth-order valence-corrected chi connectivity index (χ4v) is 2.33. The zero-order valence-electron chi connectivity index (χ0n) is 14.2. The maximum atomic E-state index is 13.2. The van der Waals surface area contributed by atoms with Crippen LogP contribution in [0.2, 0.25) is 0 Å². The van der Waals surface area contributed by atoms with Crippen LogP contribution in [0, 0.1) is 5.82 Å². The molecule has 0 aliphatic carbocycles. The van der Waals surface area contributed by atoms with Gasteiger partial charge in [0, 0.05) is 11.4 Å². The summed E-state index contributed by atoms with van der Waals surface area (Å²) in [5, 5.41) is 5.81. The summed E-state index contributed by atoms with van der Waals surface area (Å²) >= 11 is 0. The lowest BCUT2D eigenvalue weighted by atomic mass is 10.2. The van der Waals surface area contributed by atoms with Crippen molar-refractivity contribution in [1.82, 2.24) is 4.98 Å². The van der Waals surface area contributed by atoms with E-state index >= 15 is 0 Å². The summed E-state index contributed by atoms with van der Waals surface area (Å²) < 4.78 is 18.6. The number of hydrogen-bond acceptors (Lipinski definition) is 4. The normalized spacial score (nSPS) is 10.2. The largest absolute Gasteiger partial charge is 0.494 e. The van der Waals surface area contributed by atoms with Crippen LogP contribution in [-0.4, -0.2) is 17.5 Å². The highest BCUT2D eigenvalue weighted by atomic mass is 19.1. The summed E-state index contributed by atoms with van der Waals surface area (Å²) in [7, 11) is 0. The van der Waals surface area contributed by atoms with Crippen LogP contribution in [0.15, 0.2) is 66.9 Å². The number of rotatable bonds is 6. The number of aromatic nitrogens is 1. The van der Waals surface area contributed by atoms with E-state index in [1.165, 1.54) is 18.2 Å². The lowest BCUT2D eigenvalue weighted by molar-refractivity contribution is 0.102. The maximum absolute atomic E-state index is 13.2. The molecule has 1 amide bonds. The zero-order valence-corrected chi connectivity index (χ0v) is 14.2. The minimum atomic E-state index is -0.411. The molecule has 2 N–H and O–H groups in total. The molecule has 0 aliphatic rings. The first-order valence-corrected chi connectivity index (χ1v) is 8.17. The van der Waals surface area contributed by atoms with Crippen molar-refractivity contribution in [1.29, 1.82) is 0 Å². The quantitative estimate of drug-likeness (QED) is 0.680. The molecule has 0 atom stereocenters. The summed E-state index contributed by atoms with van der Waals surface area (Å²) in [4.78, 5) is 16.3. The van der Waals surface area contributed by atoms with Gasteiger partial charge in [0.2, 0.25) is 0 Å². The van der Waals surface area contributed by atoms with Crippen molar-refractivity contribution in [2.24, 2.45) is 0 Å². The van der Waals surface area contributed by atoms with Crippen LogP contribution in [0.1, 0.15) is 17.4 Å². The van der Waals surface area contributed by atoms with Gasteiger partial charge in [0.15, 0.2) is 0 Å². The third kappa shape index (κ3) is 4.57. The second kappa shape index (κ2) is 8.11. The Hall–Kier alpha value is -3.41. The van der Waals surface area contributed by atoms with Crippen molar-refractivity contribution in [2.75, 3.05) is 17.2 Å². The molecule has 132 valence electrons. The SMILES string of the molecule is CCOc1ccc(Nc2ccc(C(=O)Nc3cccc(F)c3)nc2)cc1. The molecular formula is C20H18FN3O2. The van der Waals surface area contributed by atoms with Crippen LogP contribution < -0.4 is 15.4 Å². The number of anilines is 3. The number of carbonyl (C=O) groups is 1. The van der Waals surface area contributed by atoms with Crippen LogP contribution in [0.25, 0.3) is 0 Å². The molecule has 2 aromatic carbocycles. The molecule has 3 rings (SSSR count). The van der Waals surface area contributed by atoms with Gasteiger partial charge in [-0.25, -0.2) is 9.37 Å². The second-order valence-corrected chi connectivity index (χ2v) is 5.48. The van der Waals surface area contributed by atoms with E-state index < -0.39 is 11.7 Å². The van der Waals surface area contributed by atoms with E-state index in [1.54, 1.807) is 24.4 Å². The Morgan fingerprint density at radius 1 is 1.04 bits per heavy atom. The van der Waals surface area contributed by atoms with Gasteiger partial charge < -0.3 is 15.4 Å². The first kappa shape index (κ1) is 17.4. The predicted molar refractivity (Wildman–Crippen MR) is 99.5 cm³/mol. The average Bonchev–Trinajstić information content (AvgIpc) is 2.64. The molecule has 5 nitrogen and oxygen atoms in total. The van der Waals surface area contributed by atoms with Crippen molar-refractivity contribution in [2.45, 2.75) is 6.92 Å². The monoisotopic (exact) mass is 351 g/mol.